The van der Waals surface area contributed by atoms with Crippen LogP contribution in [-0.2, 0) is 9.59 Å². The number of hydrogen-bond acceptors (Lipinski definition) is 3. The fourth-order valence-corrected chi connectivity index (χ4v) is 3.13. The third-order valence-corrected chi connectivity index (χ3v) is 4.53. The molecule has 25 heavy (non-hydrogen) atoms. The van der Waals surface area contributed by atoms with Gasteiger partial charge in [-0.3, -0.25) is 9.59 Å². The van der Waals surface area contributed by atoms with E-state index in [4.69, 9.17) is 4.74 Å². The Kier molecular flexibility index (Phi) is 5.03. The van der Waals surface area contributed by atoms with Gasteiger partial charge in [-0.2, -0.15) is 0 Å². The Morgan fingerprint density at radius 1 is 1.16 bits per heavy atom. The van der Waals surface area contributed by atoms with Crippen molar-refractivity contribution >= 4 is 17.5 Å². The number of nitrogens with one attached hydrogen (secondary N) is 1. The van der Waals surface area contributed by atoms with Crippen LogP contribution in [-0.4, -0.2) is 25.5 Å². The Bertz CT molecular complexity index is 761. The smallest absolute Gasteiger partial charge is 0.227 e. The van der Waals surface area contributed by atoms with Gasteiger partial charge in [0.15, 0.2) is 0 Å². The largest absolute Gasteiger partial charge is 0.495 e. The molecule has 1 heterocycles. The Morgan fingerprint density at radius 3 is 2.56 bits per heavy atom. The summed E-state index contributed by atoms with van der Waals surface area (Å²) in [7, 11) is 1.57. The second-order valence-electron chi connectivity index (χ2n) is 6.22. The van der Waals surface area contributed by atoms with Gasteiger partial charge in [0.25, 0.3) is 0 Å². The van der Waals surface area contributed by atoms with E-state index in [-0.39, 0.29) is 30.2 Å². The summed E-state index contributed by atoms with van der Waals surface area (Å²) in [5.74, 6) is 0.122. The standard InChI is InChI=1S/C20H22N2O3/c1-14(15-8-4-3-5-9-15)21-20(24)16-12-19(23)22(13-16)17-10-6-7-11-18(17)25-2/h3-11,14,16H,12-13H2,1-2H3,(H,21,24)/t14-,16-/m1/s1. The van der Waals surface area contributed by atoms with Crippen LogP contribution in [0.1, 0.15) is 24.9 Å². The van der Waals surface area contributed by atoms with Gasteiger partial charge in [0.1, 0.15) is 5.75 Å². The molecule has 0 radical (unpaired) electrons. The molecule has 0 spiro atoms. The number of carbonyl (C=O) groups is 2. The maximum absolute atomic E-state index is 12.6. The minimum absolute atomic E-state index is 0.0583. The minimum atomic E-state index is -0.358. The van der Waals surface area contributed by atoms with Crippen LogP contribution in [0.3, 0.4) is 0 Å². The Morgan fingerprint density at radius 2 is 1.84 bits per heavy atom. The van der Waals surface area contributed by atoms with Crippen LogP contribution in [0.2, 0.25) is 0 Å². The SMILES string of the molecule is COc1ccccc1N1C[C@H](C(=O)N[C@H](C)c2ccccc2)CC1=O. The number of para-hydroxylation sites is 2. The van der Waals surface area contributed by atoms with E-state index in [0.29, 0.717) is 18.0 Å². The van der Waals surface area contributed by atoms with Crippen LogP contribution in [0, 0.1) is 5.92 Å². The highest BCUT2D eigenvalue weighted by molar-refractivity contribution is 6.01. The molecule has 1 fully saturated rings. The van der Waals surface area contributed by atoms with Crippen LogP contribution in [0.4, 0.5) is 5.69 Å². The zero-order valence-electron chi connectivity index (χ0n) is 14.4. The molecule has 1 aliphatic rings. The first-order valence-corrected chi connectivity index (χ1v) is 8.39. The van der Waals surface area contributed by atoms with Crippen molar-refractivity contribution in [2.24, 2.45) is 5.92 Å². The number of amides is 2. The zero-order valence-corrected chi connectivity index (χ0v) is 14.4. The van der Waals surface area contributed by atoms with Crippen LogP contribution in [0.15, 0.2) is 54.6 Å². The van der Waals surface area contributed by atoms with Gasteiger partial charge < -0.3 is 15.0 Å². The van der Waals surface area contributed by atoms with Gasteiger partial charge in [0.2, 0.25) is 11.8 Å². The summed E-state index contributed by atoms with van der Waals surface area (Å²) < 4.78 is 5.33. The molecule has 130 valence electrons. The van der Waals surface area contributed by atoms with Gasteiger partial charge in [-0.25, -0.2) is 0 Å². The Hall–Kier alpha value is -2.82. The van der Waals surface area contributed by atoms with Gasteiger partial charge in [-0.05, 0) is 24.6 Å². The molecule has 3 rings (SSSR count). The highest BCUT2D eigenvalue weighted by atomic mass is 16.5. The molecule has 2 aromatic rings. The van der Waals surface area contributed by atoms with Crippen molar-refractivity contribution in [3.8, 4) is 5.75 Å². The Balaban J connectivity index is 1.69. The Labute approximate surface area is 147 Å². The number of hydrogen-bond donors (Lipinski definition) is 1. The third kappa shape index (κ3) is 3.65. The highest BCUT2D eigenvalue weighted by Gasteiger charge is 2.36. The van der Waals surface area contributed by atoms with Crippen molar-refractivity contribution < 1.29 is 14.3 Å². The molecule has 0 saturated carbocycles. The third-order valence-electron chi connectivity index (χ3n) is 4.53. The predicted octanol–water partition coefficient (Wildman–Crippen LogP) is 2.93. The summed E-state index contributed by atoms with van der Waals surface area (Å²) in [5.41, 5.74) is 1.75. The second kappa shape index (κ2) is 7.38. The summed E-state index contributed by atoms with van der Waals surface area (Å²) in [6, 6.07) is 17.1. The molecule has 0 aromatic heterocycles. The maximum Gasteiger partial charge on any atom is 0.227 e. The molecule has 0 bridgehead atoms. The number of ether oxygens (including phenoxy) is 1. The lowest BCUT2D eigenvalue weighted by Crippen LogP contribution is -2.34. The molecular weight excluding hydrogens is 316 g/mol. The number of anilines is 1. The lowest BCUT2D eigenvalue weighted by molar-refractivity contribution is -0.126. The van der Waals surface area contributed by atoms with E-state index in [1.807, 2.05) is 61.5 Å². The molecular formula is C20H22N2O3. The number of benzene rings is 2. The van der Waals surface area contributed by atoms with Gasteiger partial charge in [0.05, 0.1) is 24.8 Å². The summed E-state index contributed by atoms with van der Waals surface area (Å²) in [5, 5.41) is 3.01. The van der Waals surface area contributed by atoms with Crippen LogP contribution < -0.4 is 15.0 Å². The molecule has 2 atom stereocenters. The fraction of sp³-hybridized carbons (Fsp3) is 0.300. The van der Waals surface area contributed by atoms with Crippen LogP contribution in [0.25, 0.3) is 0 Å². The molecule has 2 aromatic carbocycles. The summed E-state index contributed by atoms with van der Waals surface area (Å²) in [4.78, 5) is 26.6. The van der Waals surface area contributed by atoms with E-state index in [0.717, 1.165) is 5.56 Å². The number of rotatable bonds is 5. The van der Waals surface area contributed by atoms with Crippen LogP contribution in [0.5, 0.6) is 5.75 Å². The van der Waals surface area contributed by atoms with E-state index < -0.39 is 0 Å². The van der Waals surface area contributed by atoms with Gasteiger partial charge in [0, 0.05) is 13.0 Å². The van der Waals surface area contributed by atoms with Crippen molar-refractivity contribution in [3.05, 3.63) is 60.2 Å². The highest BCUT2D eigenvalue weighted by Crippen LogP contribution is 2.33. The van der Waals surface area contributed by atoms with E-state index in [9.17, 15) is 9.59 Å². The van der Waals surface area contributed by atoms with E-state index in [1.165, 1.54) is 0 Å². The minimum Gasteiger partial charge on any atom is -0.495 e. The van der Waals surface area contributed by atoms with E-state index >= 15 is 0 Å². The molecule has 1 N–H and O–H groups in total. The number of carbonyl (C=O) groups excluding carboxylic acids is 2. The van der Waals surface area contributed by atoms with Crippen molar-refractivity contribution in [1.82, 2.24) is 5.32 Å². The second-order valence-corrected chi connectivity index (χ2v) is 6.22. The molecule has 1 saturated heterocycles. The van der Waals surface area contributed by atoms with Crippen LogP contribution >= 0.6 is 0 Å². The van der Waals surface area contributed by atoms with Crippen molar-refractivity contribution in [3.63, 3.8) is 0 Å². The average molecular weight is 338 g/mol. The van der Waals surface area contributed by atoms with Gasteiger partial charge >= 0.3 is 0 Å². The lowest BCUT2D eigenvalue weighted by atomic mass is 10.1. The van der Waals surface area contributed by atoms with Crippen molar-refractivity contribution in [1.29, 1.82) is 0 Å². The summed E-state index contributed by atoms with van der Waals surface area (Å²) in [6.45, 7) is 2.31. The average Bonchev–Trinajstić information content (AvgIpc) is 3.04. The molecule has 0 unspecified atom stereocenters. The van der Waals surface area contributed by atoms with Crippen molar-refractivity contribution in [2.75, 3.05) is 18.6 Å². The topological polar surface area (TPSA) is 58.6 Å². The normalized spacial score (nSPS) is 18.1. The number of methoxy groups -OCH3 is 1. The first-order chi connectivity index (χ1) is 12.1. The summed E-state index contributed by atoms with van der Waals surface area (Å²) >= 11 is 0. The molecule has 2 amide bonds. The summed E-state index contributed by atoms with van der Waals surface area (Å²) in [6.07, 6.45) is 0.214. The van der Waals surface area contributed by atoms with E-state index in [2.05, 4.69) is 5.32 Å². The maximum atomic E-state index is 12.6. The molecule has 1 aliphatic heterocycles. The van der Waals surface area contributed by atoms with E-state index in [1.54, 1.807) is 12.0 Å². The quantitative estimate of drug-likeness (QED) is 0.912. The predicted molar refractivity (Wildman–Crippen MR) is 96.5 cm³/mol. The van der Waals surface area contributed by atoms with Gasteiger partial charge in [-0.1, -0.05) is 42.5 Å². The zero-order chi connectivity index (χ0) is 17.8. The first kappa shape index (κ1) is 17.0. The molecule has 0 aliphatic carbocycles. The number of nitrogens with zero attached hydrogens (tertiary/aromatic N) is 1. The van der Waals surface area contributed by atoms with Gasteiger partial charge in [-0.15, -0.1) is 0 Å². The fourth-order valence-electron chi connectivity index (χ4n) is 3.13. The van der Waals surface area contributed by atoms with Crippen molar-refractivity contribution in [2.45, 2.75) is 19.4 Å². The molecule has 5 nitrogen and oxygen atoms in total. The lowest BCUT2D eigenvalue weighted by Gasteiger charge is -2.20. The monoisotopic (exact) mass is 338 g/mol. The molecule has 5 heteroatoms. The first-order valence-electron chi connectivity index (χ1n) is 8.39.